The van der Waals surface area contributed by atoms with E-state index in [9.17, 15) is 5.11 Å². The SMILES string of the molecule is COc1ccccc1C(O)(CC#N)c1ccccc1OC. The molecule has 0 fully saturated rings. The van der Waals surface area contributed by atoms with E-state index in [4.69, 9.17) is 14.7 Å². The first kappa shape index (κ1) is 14.9. The molecule has 0 aliphatic carbocycles. The van der Waals surface area contributed by atoms with Gasteiger partial charge in [0.25, 0.3) is 0 Å². The zero-order chi connectivity index (χ0) is 15.3. The molecule has 0 aromatic heterocycles. The average molecular weight is 283 g/mol. The summed E-state index contributed by atoms with van der Waals surface area (Å²) in [5, 5.41) is 20.4. The topological polar surface area (TPSA) is 62.5 Å². The molecule has 0 atom stereocenters. The Morgan fingerprint density at radius 1 is 0.952 bits per heavy atom. The lowest BCUT2D eigenvalue weighted by Crippen LogP contribution is -2.28. The average Bonchev–Trinajstić information content (AvgIpc) is 2.54. The van der Waals surface area contributed by atoms with Crippen LogP contribution in [-0.2, 0) is 5.60 Å². The molecule has 21 heavy (non-hydrogen) atoms. The maximum atomic E-state index is 11.2. The highest BCUT2D eigenvalue weighted by Crippen LogP contribution is 2.41. The molecule has 0 saturated carbocycles. The quantitative estimate of drug-likeness (QED) is 0.916. The largest absolute Gasteiger partial charge is 0.496 e. The van der Waals surface area contributed by atoms with Crippen LogP contribution in [0.4, 0.5) is 0 Å². The zero-order valence-electron chi connectivity index (χ0n) is 12.0. The van der Waals surface area contributed by atoms with Crippen LogP contribution in [0.1, 0.15) is 17.5 Å². The number of ether oxygens (including phenoxy) is 2. The van der Waals surface area contributed by atoms with Gasteiger partial charge >= 0.3 is 0 Å². The first-order chi connectivity index (χ1) is 10.2. The number of hydrogen-bond acceptors (Lipinski definition) is 4. The van der Waals surface area contributed by atoms with Gasteiger partial charge in [-0.05, 0) is 12.1 Å². The van der Waals surface area contributed by atoms with Gasteiger partial charge in [0.1, 0.15) is 17.1 Å². The third kappa shape index (κ3) is 2.69. The smallest absolute Gasteiger partial charge is 0.135 e. The minimum Gasteiger partial charge on any atom is -0.496 e. The number of nitrogens with zero attached hydrogens (tertiary/aromatic N) is 1. The second kappa shape index (κ2) is 6.29. The van der Waals surface area contributed by atoms with Gasteiger partial charge in [0.05, 0.1) is 26.7 Å². The Morgan fingerprint density at radius 3 is 1.76 bits per heavy atom. The number of benzene rings is 2. The molecule has 0 unspecified atom stereocenters. The summed E-state index contributed by atoms with van der Waals surface area (Å²) in [7, 11) is 3.07. The molecule has 2 rings (SSSR count). The van der Waals surface area contributed by atoms with Crippen LogP contribution in [0.3, 0.4) is 0 Å². The summed E-state index contributed by atoms with van der Waals surface area (Å²) in [4.78, 5) is 0. The van der Waals surface area contributed by atoms with Crippen LogP contribution < -0.4 is 9.47 Å². The Balaban J connectivity index is 2.68. The summed E-state index contributed by atoms with van der Waals surface area (Å²) in [6, 6.07) is 16.3. The fourth-order valence-corrected chi connectivity index (χ4v) is 2.42. The molecular formula is C17H17NO3. The van der Waals surface area contributed by atoms with Gasteiger partial charge < -0.3 is 14.6 Å². The van der Waals surface area contributed by atoms with Gasteiger partial charge in [-0.3, -0.25) is 0 Å². The summed E-state index contributed by atoms with van der Waals surface area (Å²) in [6.45, 7) is 0. The highest BCUT2D eigenvalue weighted by atomic mass is 16.5. The molecule has 108 valence electrons. The van der Waals surface area contributed by atoms with Crippen LogP contribution in [-0.4, -0.2) is 19.3 Å². The zero-order valence-corrected chi connectivity index (χ0v) is 12.0. The van der Waals surface area contributed by atoms with Gasteiger partial charge in [-0.2, -0.15) is 5.26 Å². The highest BCUT2D eigenvalue weighted by Gasteiger charge is 2.36. The van der Waals surface area contributed by atoms with E-state index >= 15 is 0 Å². The highest BCUT2D eigenvalue weighted by molar-refractivity contribution is 5.50. The van der Waals surface area contributed by atoms with Gasteiger partial charge in [0.15, 0.2) is 0 Å². The van der Waals surface area contributed by atoms with Gasteiger partial charge in [0.2, 0.25) is 0 Å². The normalized spacial score (nSPS) is 10.8. The van der Waals surface area contributed by atoms with E-state index in [1.54, 1.807) is 36.4 Å². The molecule has 0 spiro atoms. The molecule has 4 heteroatoms. The van der Waals surface area contributed by atoms with Crippen molar-refractivity contribution in [1.29, 1.82) is 5.26 Å². The lowest BCUT2D eigenvalue weighted by molar-refractivity contribution is 0.0800. The number of hydrogen-bond donors (Lipinski definition) is 1. The van der Waals surface area contributed by atoms with Gasteiger partial charge in [-0.1, -0.05) is 36.4 Å². The number of nitriles is 1. The molecule has 0 bridgehead atoms. The van der Waals surface area contributed by atoms with Crippen molar-refractivity contribution in [2.45, 2.75) is 12.0 Å². The van der Waals surface area contributed by atoms with E-state index in [1.165, 1.54) is 14.2 Å². The van der Waals surface area contributed by atoms with E-state index in [0.717, 1.165) is 0 Å². The molecule has 0 amide bonds. The molecule has 0 aliphatic heterocycles. The van der Waals surface area contributed by atoms with Crippen molar-refractivity contribution in [3.8, 4) is 17.6 Å². The first-order valence-electron chi connectivity index (χ1n) is 6.53. The maximum Gasteiger partial charge on any atom is 0.135 e. The molecule has 2 aromatic rings. The van der Waals surface area contributed by atoms with E-state index in [-0.39, 0.29) is 6.42 Å². The van der Waals surface area contributed by atoms with Crippen molar-refractivity contribution in [2.75, 3.05) is 14.2 Å². The van der Waals surface area contributed by atoms with E-state index in [2.05, 4.69) is 0 Å². The fraction of sp³-hybridized carbons (Fsp3) is 0.235. The number of methoxy groups -OCH3 is 2. The second-order valence-electron chi connectivity index (χ2n) is 4.60. The van der Waals surface area contributed by atoms with Gasteiger partial charge in [0, 0.05) is 11.1 Å². The molecule has 1 N–H and O–H groups in total. The van der Waals surface area contributed by atoms with Crippen molar-refractivity contribution < 1.29 is 14.6 Å². The Kier molecular flexibility index (Phi) is 4.46. The molecular weight excluding hydrogens is 266 g/mol. The van der Waals surface area contributed by atoms with Crippen LogP contribution in [0.5, 0.6) is 11.5 Å². The third-order valence-corrected chi connectivity index (χ3v) is 3.44. The van der Waals surface area contributed by atoms with Crippen molar-refractivity contribution in [3.63, 3.8) is 0 Å². The lowest BCUT2D eigenvalue weighted by atomic mass is 9.83. The molecule has 4 nitrogen and oxygen atoms in total. The lowest BCUT2D eigenvalue weighted by Gasteiger charge is -2.29. The van der Waals surface area contributed by atoms with Crippen molar-refractivity contribution in [1.82, 2.24) is 0 Å². The monoisotopic (exact) mass is 283 g/mol. The van der Waals surface area contributed by atoms with Gasteiger partial charge in [-0.15, -0.1) is 0 Å². The van der Waals surface area contributed by atoms with E-state index in [1.807, 2.05) is 18.2 Å². The molecule has 0 saturated heterocycles. The van der Waals surface area contributed by atoms with Crippen LogP contribution in [0.25, 0.3) is 0 Å². The molecule has 0 heterocycles. The van der Waals surface area contributed by atoms with Crippen LogP contribution >= 0.6 is 0 Å². The van der Waals surface area contributed by atoms with Crippen molar-refractivity contribution in [2.24, 2.45) is 0 Å². The van der Waals surface area contributed by atoms with Crippen molar-refractivity contribution in [3.05, 3.63) is 59.7 Å². The molecule has 0 aliphatic rings. The first-order valence-corrected chi connectivity index (χ1v) is 6.53. The van der Waals surface area contributed by atoms with Crippen LogP contribution in [0.15, 0.2) is 48.5 Å². The van der Waals surface area contributed by atoms with Crippen LogP contribution in [0, 0.1) is 11.3 Å². The van der Waals surface area contributed by atoms with E-state index < -0.39 is 5.60 Å². The Bertz CT molecular complexity index is 614. The molecule has 2 aromatic carbocycles. The standard InChI is InChI=1S/C17H17NO3/c1-20-15-9-5-3-7-13(15)17(19,11-12-18)14-8-4-6-10-16(14)21-2/h3-10,19H,11H2,1-2H3. The Hall–Kier alpha value is -2.51. The minimum absolute atomic E-state index is 0.103. The summed E-state index contributed by atoms with van der Waals surface area (Å²) in [6.07, 6.45) is -0.103. The predicted octanol–water partition coefficient (Wildman–Crippen LogP) is 2.85. The fourth-order valence-electron chi connectivity index (χ4n) is 2.42. The maximum absolute atomic E-state index is 11.2. The molecule has 0 radical (unpaired) electrons. The second-order valence-corrected chi connectivity index (χ2v) is 4.60. The number of aliphatic hydroxyl groups is 1. The van der Waals surface area contributed by atoms with Gasteiger partial charge in [-0.25, -0.2) is 0 Å². The Labute approximate surface area is 124 Å². The third-order valence-electron chi connectivity index (χ3n) is 3.44. The number of para-hydroxylation sites is 2. The number of rotatable bonds is 5. The van der Waals surface area contributed by atoms with Crippen LogP contribution in [0.2, 0.25) is 0 Å². The Morgan fingerprint density at radius 2 is 1.38 bits per heavy atom. The summed E-state index contributed by atoms with van der Waals surface area (Å²) in [5.41, 5.74) is -0.411. The van der Waals surface area contributed by atoms with Crippen molar-refractivity contribution >= 4 is 0 Å². The summed E-state index contributed by atoms with van der Waals surface area (Å²) >= 11 is 0. The van der Waals surface area contributed by atoms with E-state index in [0.29, 0.717) is 22.6 Å². The summed E-state index contributed by atoms with van der Waals surface area (Å²) in [5.74, 6) is 1.06. The minimum atomic E-state index is -1.49. The summed E-state index contributed by atoms with van der Waals surface area (Å²) < 4.78 is 10.6. The predicted molar refractivity (Wildman–Crippen MR) is 79.2 cm³/mol.